The van der Waals surface area contributed by atoms with Gasteiger partial charge in [0, 0.05) is 6.54 Å². The predicted octanol–water partition coefficient (Wildman–Crippen LogP) is 4.73. The lowest BCUT2D eigenvalue weighted by Gasteiger charge is -2.12. The Morgan fingerprint density at radius 3 is 2.43 bits per heavy atom. The Balaban J connectivity index is 1.89. The number of para-hydroxylation sites is 1. The van der Waals surface area contributed by atoms with Gasteiger partial charge in [0.1, 0.15) is 5.75 Å². The highest BCUT2D eigenvalue weighted by molar-refractivity contribution is 6.37. The maximum atomic E-state index is 6.21. The molecule has 0 amide bonds. The smallest absolute Gasteiger partial charge is 0.156 e. The number of rotatable bonds is 8. The van der Waals surface area contributed by atoms with Crippen LogP contribution in [0.2, 0.25) is 10.0 Å². The number of hydrogen-bond donors (Lipinski definition) is 1. The SMILES string of the molecule is CCOc1c(Cl)cc(CNCCc2ccccc2OC)cc1Cl. The van der Waals surface area contributed by atoms with Crippen LogP contribution >= 0.6 is 23.2 Å². The molecule has 0 aromatic heterocycles. The minimum absolute atomic E-state index is 0.538. The van der Waals surface area contributed by atoms with Crippen LogP contribution in [0.15, 0.2) is 36.4 Å². The predicted molar refractivity (Wildman–Crippen MR) is 96.0 cm³/mol. The van der Waals surface area contributed by atoms with Gasteiger partial charge in [-0.3, -0.25) is 0 Å². The molecule has 1 N–H and O–H groups in total. The molecule has 0 spiro atoms. The van der Waals surface area contributed by atoms with Crippen molar-refractivity contribution in [1.29, 1.82) is 0 Å². The summed E-state index contributed by atoms with van der Waals surface area (Å²) < 4.78 is 10.8. The molecular weight excluding hydrogens is 333 g/mol. The van der Waals surface area contributed by atoms with Crippen molar-refractivity contribution in [2.45, 2.75) is 19.9 Å². The van der Waals surface area contributed by atoms with Crippen molar-refractivity contribution in [3.8, 4) is 11.5 Å². The molecular formula is C18H21Cl2NO2. The van der Waals surface area contributed by atoms with Crippen LogP contribution in [-0.4, -0.2) is 20.3 Å². The fourth-order valence-electron chi connectivity index (χ4n) is 2.36. The van der Waals surface area contributed by atoms with Crippen LogP contribution < -0.4 is 14.8 Å². The second kappa shape index (κ2) is 9.02. The van der Waals surface area contributed by atoms with Gasteiger partial charge in [-0.1, -0.05) is 41.4 Å². The van der Waals surface area contributed by atoms with Gasteiger partial charge in [-0.05, 0) is 49.2 Å². The van der Waals surface area contributed by atoms with Gasteiger partial charge in [-0.2, -0.15) is 0 Å². The zero-order valence-corrected chi connectivity index (χ0v) is 14.9. The first-order valence-electron chi connectivity index (χ1n) is 7.59. The average molecular weight is 354 g/mol. The zero-order chi connectivity index (χ0) is 16.7. The van der Waals surface area contributed by atoms with E-state index in [2.05, 4.69) is 11.4 Å². The number of nitrogens with one attached hydrogen (secondary N) is 1. The summed E-state index contributed by atoms with van der Waals surface area (Å²) in [7, 11) is 1.69. The van der Waals surface area contributed by atoms with Crippen molar-refractivity contribution in [3.05, 3.63) is 57.6 Å². The van der Waals surface area contributed by atoms with Crippen LogP contribution in [0, 0.1) is 0 Å². The first kappa shape index (κ1) is 17.9. The Labute approximate surface area is 147 Å². The molecule has 2 aromatic rings. The highest BCUT2D eigenvalue weighted by atomic mass is 35.5. The summed E-state index contributed by atoms with van der Waals surface area (Å²) in [5, 5.41) is 4.48. The molecule has 0 fully saturated rings. The quantitative estimate of drug-likeness (QED) is 0.695. The van der Waals surface area contributed by atoms with Gasteiger partial charge in [0.05, 0.1) is 23.8 Å². The number of hydrogen-bond acceptors (Lipinski definition) is 3. The molecule has 0 aliphatic rings. The normalized spacial score (nSPS) is 10.6. The standard InChI is InChI=1S/C18H21Cl2NO2/c1-3-23-18-15(19)10-13(11-16(18)20)12-21-9-8-14-6-4-5-7-17(14)22-2/h4-7,10-11,21H,3,8-9,12H2,1-2H3. The Bertz CT molecular complexity index is 624. The van der Waals surface area contributed by atoms with Crippen molar-refractivity contribution in [3.63, 3.8) is 0 Å². The summed E-state index contributed by atoms with van der Waals surface area (Å²) in [4.78, 5) is 0. The fourth-order valence-corrected chi connectivity index (χ4v) is 3.00. The van der Waals surface area contributed by atoms with Crippen molar-refractivity contribution in [2.24, 2.45) is 0 Å². The van der Waals surface area contributed by atoms with E-state index in [0.29, 0.717) is 28.9 Å². The molecule has 0 aliphatic carbocycles. The zero-order valence-electron chi connectivity index (χ0n) is 13.4. The number of benzene rings is 2. The van der Waals surface area contributed by atoms with Crippen LogP contribution in [0.25, 0.3) is 0 Å². The van der Waals surface area contributed by atoms with E-state index < -0.39 is 0 Å². The molecule has 0 radical (unpaired) electrons. The van der Waals surface area contributed by atoms with Crippen molar-refractivity contribution in [1.82, 2.24) is 5.32 Å². The molecule has 23 heavy (non-hydrogen) atoms. The number of methoxy groups -OCH3 is 1. The first-order valence-corrected chi connectivity index (χ1v) is 8.34. The monoisotopic (exact) mass is 353 g/mol. The molecule has 5 heteroatoms. The molecule has 0 aliphatic heterocycles. The average Bonchev–Trinajstić information content (AvgIpc) is 2.55. The molecule has 2 rings (SSSR count). The van der Waals surface area contributed by atoms with Gasteiger partial charge >= 0.3 is 0 Å². The largest absolute Gasteiger partial charge is 0.496 e. The molecule has 3 nitrogen and oxygen atoms in total. The van der Waals surface area contributed by atoms with E-state index in [-0.39, 0.29) is 0 Å². The molecule has 0 unspecified atom stereocenters. The summed E-state index contributed by atoms with van der Waals surface area (Å²) in [6, 6.07) is 11.8. The Morgan fingerprint density at radius 2 is 1.78 bits per heavy atom. The summed E-state index contributed by atoms with van der Waals surface area (Å²) >= 11 is 12.4. The highest BCUT2D eigenvalue weighted by Gasteiger charge is 2.09. The summed E-state index contributed by atoms with van der Waals surface area (Å²) in [5.74, 6) is 1.47. The molecule has 2 aromatic carbocycles. The molecule has 0 saturated heterocycles. The van der Waals surface area contributed by atoms with Crippen LogP contribution in [-0.2, 0) is 13.0 Å². The van der Waals surface area contributed by atoms with Gasteiger partial charge in [0.15, 0.2) is 5.75 Å². The molecule has 0 heterocycles. The van der Waals surface area contributed by atoms with E-state index in [1.807, 2.05) is 37.3 Å². The molecule has 0 atom stereocenters. The topological polar surface area (TPSA) is 30.5 Å². The van der Waals surface area contributed by atoms with E-state index in [1.165, 1.54) is 5.56 Å². The maximum absolute atomic E-state index is 6.21. The summed E-state index contributed by atoms with van der Waals surface area (Å²) in [6.45, 7) is 3.97. The van der Waals surface area contributed by atoms with Crippen LogP contribution in [0.1, 0.15) is 18.1 Å². The second-order valence-electron chi connectivity index (χ2n) is 5.06. The molecule has 0 saturated carbocycles. The summed E-state index contributed by atoms with van der Waals surface area (Å²) in [6.07, 6.45) is 0.891. The third-order valence-electron chi connectivity index (χ3n) is 3.44. The minimum atomic E-state index is 0.538. The van der Waals surface area contributed by atoms with E-state index in [0.717, 1.165) is 24.3 Å². The van der Waals surface area contributed by atoms with Gasteiger partial charge in [-0.15, -0.1) is 0 Å². The van der Waals surface area contributed by atoms with Gasteiger partial charge in [0.25, 0.3) is 0 Å². The Kier molecular flexibility index (Phi) is 7.03. The lowest BCUT2D eigenvalue weighted by molar-refractivity contribution is 0.340. The van der Waals surface area contributed by atoms with Gasteiger partial charge < -0.3 is 14.8 Å². The fraction of sp³-hybridized carbons (Fsp3) is 0.333. The summed E-state index contributed by atoms with van der Waals surface area (Å²) in [5.41, 5.74) is 2.22. The number of halogens is 2. The van der Waals surface area contributed by atoms with Crippen molar-refractivity contribution >= 4 is 23.2 Å². The molecule has 0 bridgehead atoms. The lowest BCUT2D eigenvalue weighted by Crippen LogP contribution is -2.17. The van der Waals surface area contributed by atoms with E-state index >= 15 is 0 Å². The first-order chi connectivity index (χ1) is 11.2. The third-order valence-corrected chi connectivity index (χ3v) is 4.00. The second-order valence-corrected chi connectivity index (χ2v) is 5.87. The Hall–Kier alpha value is -1.42. The molecule has 124 valence electrons. The van der Waals surface area contributed by atoms with Crippen LogP contribution in [0.5, 0.6) is 11.5 Å². The van der Waals surface area contributed by atoms with Crippen molar-refractivity contribution in [2.75, 3.05) is 20.3 Å². The van der Waals surface area contributed by atoms with E-state index in [1.54, 1.807) is 7.11 Å². The van der Waals surface area contributed by atoms with E-state index in [9.17, 15) is 0 Å². The third kappa shape index (κ3) is 5.03. The lowest BCUT2D eigenvalue weighted by atomic mass is 10.1. The maximum Gasteiger partial charge on any atom is 0.156 e. The minimum Gasteiger partial charge on any atom is -0.496 e. The van der Waals surface area contributed by atoms with Gasteiger partial charge in [-0.25, -0.2) is 0 Å². The van der Waals surface area contributed by atoms with Crippen LogP contribution in [0.3, 0.4) is 0 Å². The Morgan fingerprint density at radius 1 is 1.09 bits per heavy atom. The van der Waals surface area contributed by atoms with Gasteiger partial charge in [0.2, 0.25) is 0 Å². The number of ether oxygens (including phenoxy) is 2. The van der Waals surface area contributed by atoms with Crippen LogP contribution in [0.4, 0.5) is 0 Å². The van der Waals surface area contributed by atoms with Crippen molar-refractivity contribution < 1.29 is 9.47 Å². The highest BCUT2D eigenvalue weighted by Crippen LogP contribution is 2.34. The van der Waals surface area contributed by atoms with E-state index in [4.69, 9.17) is 32.7 Å².